The van der Waals surface area contributed by atoms with Crippen LogP contribution in [0.15, 0.2) is 115 Å². The predicted molar refractivity (Wildman–Crippen MR) is 181 cm³/mol. The lowest BCUT2D eigenvalue weighted by atomic mass is 9.84. The van der Waals surface area contributed by atoms with Crippen LogP contribution in [0.2, 0.25) is 5.04 Å². The van der Waals surface area contributed by atoms with Gasteiger partial charge in [-0.1, -0.05) is 107 Å². The molecule has 45 heavy (non-hydrogen) atoms. The summed E-state index contributed by atoms with van der Waals surface area (Å²) in [5.41, 5.74) is 0.745. The first-order valence-corrected chi connectivity index (χ1v) is 17.3. The lowest BCUT2D eigenvalue weighted by Gasteiger charge is -2.51. The topological polar surface area (TPSA) is 77.1 Å². The molecule has 1 N–H and O–H groups in total. The molecule has 234 valence electrons. The Labute approximate surface area is 267 Å². The summed E-state index contributed by atoms with van der Waals surface area (Å²) < 4.78 is 18.2. The number of nitrogens with zero attached hydrogens (tertiary/aromatic N) is 1. The summed E-state index contributed by atoms with van der Waals surface area (Å²) in [4.78, 5) is 28.4. The Morgan fingerprint density at radius 3 is 1.87 bits per heavy atom. The zero-order valence-corrected chi connectivity index (χ0v) is 27.6. The second-order valence-corrected chi connectivity index (χ2v) is 16.8. The van der Waals surface area contributed by atoms with Crippen LogP contribution in [-0.2, 0) is 14.0 Å². The van der Waals surface area contributed by atoms with Crippen LogP contribution in [0.4, 0.5) is 5.69 Å². The van der Waals surface area contributed by atoms with E-state index in [4.69, 9.17) is 13.9 Å². The molecule has 2 amide bonds. The van der Waals surface area contributed by atoms with Gasteiger partial charge in [-0.05, 0) is 51.8 Å². The van der Waals surface area contributed by atoms with E-state index >= 15 is 0 Å². The van der Waals surface area contributed by atoms with E-state index in [0.717, 1.165) is 5.69 Å². The molecule has 0 aromatic heterocycles. The highest BCUT2D eigenvalue weighted by atomic mass is 28.4. The summed E-state index contributed by atoms with van der Waals surface area (Å²) in [5.74, 6) is 0.657. The average Bonchev–Trinajstić information content (AvgIpc) is 3.06. The molecule has 7 nitrogen and oxygen atoms in total. The lowest BCUT2D eigenvalue weighted by Crippen LogP contribution is -2.74. The Morgan fingerprint density at radius 1 is 0.822 bits per heavy atom. The molecule has 1 aliphatic heterocycles. The Balaban J connectivity index is 1.43. The van der Waals surface area contributed by atoms with Gasteiger partial charge in [0.2, 0.25) is 0 Å². The minimum absolute atomic E-state index is 0.119. The van der Waals surface area contributed by atoms with Gasteiger partial charge in [-0.15, -0.1) is 0 Å². The molecule has 0 spiro atoms. The van der Waals surface area contributed by atoms with E-state index in [1.807, 2.05) is 54.6 Å². The van der Waals surface area contributed by atoms with Crippen LogP contribution in [0.25, 0.3) is 0 Å². The Morgan fingerprint density at radius 2 is 1.36 bits per heavy atom. The van der Waals surface area contributed by atoms with E-state index in [0.29, 0.717) is 18.1 Å². The summed E-state index contributed by atoms with van der Waals surface area (Å²) in [6, 6.07) is 36.5. The zero-order valence-electron chi connectivity index (χ0n) is 26.6. The lowest BCUT2D eigenvalue weighted by molar-refractivity contribution is -0.134. The SMILES string of the molecule is COc1ccc(N2C(=O)[C@H](NC(=O)COc3ccccc3)[C@H]2[C@@H](C)CO[Si](c2ccccc2)(c2ccccc2)C(C)(C)C)cc1. The number of anilines is 1. The van der Waals surface area contributed by atoms with Gasteiger partial charge in [0.05, 0.1) is 13.2 Å². The smallest absolute Gasteiger partial charge is 0.261 e. The first-order chi connectivity index (χ1) is 21.7. The van der Waals surface area contributed by atoms with Gasteiger partial charge in [0.25, 0.3) is 20.1 Å². The largest absolute Gasteiger partial charge is 0.497 e. The fraction of sp³-hybridized carbons (Fsp3) is 0.297. The summed E-state index contributed by atoms with van der Waals surface area (Å²) in [7, 11) is -1.20. The number of methoxy groups -OCH3 is 1. The van der Waals surface area contributed by atoms with Gasteiger partial charge < -0.3 is 24.1 Å². The highest BCUT2D eigenvalue weighted by Gasteiger charge is 2.54. The molecular formula is C37H42N2O5Si. The predicted octanol–water partition coefficient (Wildman–Crippen LogP) is 5.19. The first kappa shape index (κ1) is 32.0. The van der Waals surface area contributed by atoms with Crippen LogP contribution in [0.1, 0.15) is 27.7 Å². The second kappa shape index (κ2) is 13.7. The number of para-hydroxylation sites is 1. The molecule has 1 saturated heterocycles. The molecular weight excluding hydrogens is 581 g/mol. The summed E-state index contributed by atoms with van der Waals surface area (Å²) in [5, 5.41) is 5.15. The van der Waals surface area contributed by atoms with Gasteiger partial charge >= 0.3 is 0 Å². The van der Waals surface area contributed by atoms with E-state index < -0.39 is 14.4 Å². The number of hydrogen-bond acceptors (Lipinski definition) is 5. The summed E-state index contributed by atoms with van der Waals surface area (Å²) >= 11 is 0. The molecule has 8 heteroatoms. The van der Waals surface area contributed by atoms with Crippen molar-refractivity contribution in [3.63, 3.8) is 0 Å². The van der Waals surface area contributed by atoms with Crippen molar-refractivity contribution in [2.75, 3.05) is 25.2 Å². The summed E-state index contributed by atoms with van der Waals surface area (Å²) in [6.07, 6.45) is 0. The van der Waals surface area contributed by atoms with Gasteiger partial charge in [0.1, 0.15) is 17.5 Å². The van der Waals surface area contributed by atoms with Crippen LogP contribution in [0, 0.1) is 5.92 Å². The Hall–Kier alpha value is -4.40. The van der Waals surface area contributed by atoms with E-state index in [1.165, 1.54) is 10.4 Å². The molecule has 0 aliphatic carbocycles. The Kier molecular flexibility index (Phi) is 9.75. The van der Waals surface area contributed by atoms with Crippen LogP contribution in [0.5, 0.6) is 11.5 Å². The van der Waals surface area contributed by atoms with E-state index in [2.05, 4.69) is 81.5 Å². The van der Waals surface area contributed by atoms with Crippen molar-refractivity contribution in [1.82, 2.24) is 5.32 Å². The van der Waals surface area contributed by atoms with Crippen molar-refractivity contribution < 1.29 is 23.5 Å². The molecule has 0 unspecified atom stereocenters. The second-order valence-electron chi connectivity index (χ2n) is 12.5. The van der Waals surface area contributed by atoms with Crippen LogP contribution in [0.3, 0.4) is 0 Å². The fourth-order valence-electron chi connectivity index (χ4n) is 6.28. The van der Waals surface area contributed by atoms with Gasteiger partial charge in [0.15, 0.2) is 6.61 Å². The molecule has 4 aromatic rings. The number of nitrogens with one attached hydrogen (secondary N) is 1. The van der Waals surface area contributed by atoms with Crippen molar-refractivity contribution in [1.29, 1.82) is 0 Å². The fourth-order valence-corrected chi connectivity index (χ4v) is 10.9. The number of carbonyl (C=O) groups is 2. The minimum Gasteiger partial charge on any atom is -0.497 e. The monoisotopic (exact) mass is 622 g/mol. The third-order valence-electron chi connectivity index (χ3n) is 8.49. The molecule has 1 fully saturated rings. The number of β-lactam (4-membered cyclic amide) rings is 1. The van der Waals surface area contributed by atoms with E-state index in [9.17, 15) is 9.59 Å². The number of carbonyl (C=O) groups excluding carboxylic acids is 2. The maximum absolute atomic E-state index is 13.7. The zero-order chi connectivity index (χ0) is 32.0. The maximum Gasteiger partial charge on any atom is 0.261 e. The van der Waals surface area contributed by atoms with Crippen LogP contribution in [-0.4, -0.2) is 52.5 Å². The molecule has 1 aliphatic rings. The van der Waals surface area contributed by atoms with Crippen LogP contribution >= 0.6 is 0 Å². The van der Waals surface area contributed by atoms with E-state index in [1.54, 1.807) is 24.1 Å². The molecule has 0 saturated carbocycles. The molecule has 0 radical (unpaired) electrons. The van der Waals surface area contributed by atoms with Crippen molar-refractivity contribution in [3.05, 3.63) is 115 Å². The number of benzene rings is 4. The van der Waals surface area contributed by atoms with Crippen molar-refractivity contribution in [2.24, 2.45) is 5.92 Å². The van der Waals surface area contributed by atoms with Crippen molar-refractivity contribution >= 4 is 36.2 Å². The van der Waals surface area contributed by atoms with Crippen molar-refractivity contribution in [2.45, 2.75) is 44.8 Å². The van der Waals surface area contributed by atoms with E-state index in [-0.39, 0.29) is 35.4 Å². The van der Waals surface area contributed by atoms with Gasteiger partial charge in [-0.25, -0.2) is 0 Å². The van der Waals surface area contributed by atoms with Gasteiger partial charge in [-0.2, -0.15) is 0 Å². The molecule has 1 heterocycles. The molecule has 0 bridgehead atoms. The molecule has 3 atom stereocenters. The Bertz CT molecular complexity index is 1520. The third-order valence-corrected chi connectivity index (χ3v) is 13.5. The number of rotatable bonds is 12. The number of ether oxygens (including phenoxy) is 2. The standard InChI is InChI=1S/C37H42N2O5Si/c1-27(25-44-45(37(2,3)4,31-17-11-7-12-18-31)32-19-13-8-14-20-32)35-34(38-33(40)26-43-30-15-9-6-10-16-30)36(41)39(35)28-21-23-29(42-5)24-22-28/h6-24,27,34-35H,25-26H2,1-5H3,(H,38,40)/t27-,34+,35+/m0/s1. The van der Waals surface area contributed by atoms with Crippen LogP contribution < -0.4 is 30.1 Å². The highest BCUT2D eigenvalue weighted by molar-refractivity contribution is 6.99. The minimum atomic E-state index is -2.81. The van der Waals surface area contributed by atoms with Gasteiger partial charge in [0, 0.05) is 18.2 Å². The maximum atomic E-state index is 13.7. The molecule has 4 aromatic carbocycles. The normalized spacial score (nSPS) is 17.3. The number of hydrogen-bond donors (Lipinski definition) is 1. The van der Waals surface area contributed by atoms with Crippen molar-refractivity contribution in [3.8, 4) is 11.5 Å². The average molecular weight is 623 g/mol. The third kappa shape index (κ3) is 6.67. The highest BCUT2D eigenvalue weighted by Crippen LogP contribution is 2.39. The van der Waals surface area contributed by atoms with Gasteiger partial charge in [-0.3, -0.25) is 9.59 Å². The molecule has 5 rings (SSSR count). The summed E-state index contributed by atoms with van der Waals surface area (Å²) in [6.45, 7) is 9.04. The number of amides is 2. The first-order valence-electron chi connectivity index (χ1n) is 15.3. The quantitative estimate of drug-likeness (QED) is 0.174.